The van der Waals surface area contributed by atoms with E-state index in [1.165, 1.54) is 39.0 Å². The molecule has 0 aromatic heterocycles. The quantitative estimate of drug-likeness (QED) is 0.0853. The highest BCUT2D eigenvalue weighted by molar-refractivity contribution is 6.13. The molecule has 0 radical (unpaired) electrons. The molecule has 0 atom stereocenters. The Morgan fingerprint density at radius 3 is 1.83 bits per heavy atom. The number of rotatable bonds is 11. The maximum absolute atomic E-state index is 5.01. The summed E-state index contributed by atoms with van der Waals surface area (Å²) >= 11 is 0. The van der Waals surface area contributed by atoms with Crippen LogP contribution in [0.1, 0.15) is 63.1 Å². The Morgan fingerprint density at radius 1 is 0.660 bits per heavy atom. The van der Waals surface area contributed by atoms with Crippen molar-refractivity contribution in [3.8, 4) is 22.3 Å². The van der Waals surface area contributed by atoms with Gasteiger partial charge in [-0.1, -0.05) is 184 Å². The Labute approximate surface area is 316 Å². The van der Waals surface area contributed by atoms with E-state index in [0.717, 1.165) is 48.0 Å². The normalized spacial score (nSPS) is 15.5. The van der Waals surface area contributed by atoms with Gasteiger partial charge >= 0.3 is 0 Å². The molecule has 2 aliphatic carbocycles. The van der Waals surface area contributed by atoms with Gasteiger partial charge in [-0.2, -0.15) is 0 Å². The van der Waals surface area contributed by atoms with Crippen molar-refractivity contribution in [1.82, 2.24) is 0 Å². The summed E-state index contributed by atoms with van der Waals surface area (Å²) in [5.74, 6) is 1.18. The molecule has 0 bridgehead atoms. The summed E-state index contributed by atoms with van der Waals surface area (Å²) in [5, 5.41) is 0. The fourth-order valence-corrected chi connectivity index (χ4v) is 6.49. The van der Waals surface area contributed by atoms with Gasteiger partial charge in [-0.25, -0.2) is 9.98 Å². The molecule has 0 saturated heterocycles. The third-order valence-corrected chi connectivity index (χ3v) is 10.2. The van der Waals surface area contributed by atoms with Gasteiger partial charge in [0.25, 0.3) is 0 Å². The molecule has 3 nitrogen and oxygen atoms in total. The summed E-state index contributed by atoms with van der Waals surface area (Å²) in [6, 6.07) is 36.5. The van der Waals surface area contributed by atoms with Gasteiger partial charge in [0, 0.05) is 16.6 Å². The van der Waals surface area contributed by atoms with E-state index in [4.69, 9.17) is 9.98 Å². The van der Waals surface area contributed by atoms with E-state index >= 15 is 0 Å². The predicted molar refractivity (Wildman–Crippen MR) is 230 cm³/mol. The van der Waals surface area contributed by atoms with E-state index < -0.39 is 0 Å². The molecule has 4 aromatic carbocycles. The minimum absolute atomic E-state index is 0.165. The fourth-order valence-electron chi connectivity index (χ4n) is 6.49. The Kier molecular flexibility index (Phi) is 12.2. The molecule has 0 saturated carbocycles. The van der Waals surface area contributed by atoms with Gasteiger partial charge in [-0.05, 0) is 83.9 Å². The fraction of sp³-hybridized carbons (Fsp3) is 0.180. The van der Waals surface area contributed by atoms with Crippen LogP contribution in [-0.2, 0) is 5.41 Å². The molecule has 0 unspecified atom stereocenters. The van der Waals surface area contributed by atoms with Crippen LogP contribution < -0.4 is 0 Å². The maximum atomic E-state index is 5.01. The number of hydrogen-bond donors (Lipinski definition) is 0. The Hall–Kier alpha value is -5.93. The lowest BCUT2D eigenvalue weighted by Gasteiger charge is -2.27. The minimum atomic E-state index is -0.165. The first kappa shape index (κ1) is 36.8. The Bertz CT molecular complexity index is 2160. The lowest BCUT2D eigenvalue weighted by atomic mass is 9.77. The van der Waals surface area contributed by atoms with Crippen molar-refractivity contribution in [2.24, 2.45) is 15.0 Å². The molecule has 6 rings (SSSR count). The van der Waals surface area contributed by atoms with Crippen LogP contribution in [0.4, 0.5) is 0 Å². The van der Waals surface area contributed by atoms with Crippen LogP contribution in [0.2, 0.25) is 0 Å². The molecule has 0 fully saturated rings. The van der Waals surface area contributed by atoms with Crippen LogP contribution in [0, 0.1) is 0 Å². The van der Waals surface area contributed by atoms with Crippen LogP contribution in [0.25, 0.3) is 27.8 Å². The van der Waals surface area contributed by atoms with Gasteiger partial charge < -0.3 is 0 Å². The molecule has 4 aromatic rings. The first-order valence-corrected chi connectivity index (χ1v) is 18.6. The van der Waals surface area contributed by atoms with E-state index in [1.807, 2.05) is 36.4 Å². The van der Waals surface area contributed by atoms with E-state index in [2.05, 4.69) is 160 Å². The van der Waals surface area contributed by atoms with Crippen LogP contribution >= 0.6 is 0 Å². The van der Waals surface area contributed by atoms with Crippen molar-refractivity contribution in [2.75, 3.05) is 6.54 Å². The summed E-state index contributed by atoms with van der Waals surface area (Å²) < 4.78 is 0. The van der Waals surface area contributed by atoms with Crippen LogP contribution in [0.5, 0.6) is 0 Å². The number of aliphatic imine (C=N–C) groups is 3. The number of benzene rings is 4. The highest BCUT2D eigenvalue weighted by atomic mass is 15.0. The summed E-state index contributed by atoms with van der Waals surface area (Å²) in [5.41, 5.74) is 12.6. The smallest absolute Gasteiger partial charge is 0.161 e. The average molecular weight is 692 g/mol. The number of hydrogen-bond acceptors (Lipinski definition) is 1. The SMILES string of the molecule is C=C/C(=C\C=C(/C)C(C)(C)c1ccc(-c2ccc(C3=CCCC=C3)cc2)cc1)CN=C(N=C(N=C)c1ccc(-c2ccccc2)cc1)C1=CCCC=C1. The number of nitrogens with zero attached hydrogens (tertiary/aromatic N) is 3. The third kappa shape index (κ3) is 9.30. The van der Waals surface area contributed by atoms with E-state index in [1.54, 1.807) is 0 Å². The first-order chi connectivity index (χ1) is 25.9. The maximum Gasteiger partial charge on any atom is 0.161 e. The van der Waals surface area contributed by atoms with Gasteiger partial charge in [0.05, 0.1) is 6.54 Å². The molecule has 0 amide bonds. The molecule has 2 aliphatic rings. The minimum Gasteiger partial charge on any atom is -0.261 e. The molecular weight excluding hydrogens is 643 g/mol. The van der Waals surface area contributed by atoms with E-state index in [9.17, 15) is 0 Å². The van der Waals surface area contributed by atoms with Crippen molar-refractivity contribution < 1.29 is 0 Å². The first-order valence-electron chi connectivity index (χ1n) is 18.6. The van der Waals surface area contributed by atoms with Crippen molar-refractivity contribution in [2.45, 2.75) is 51.9 Å². The highest BCUT2D eigenvalue weighted by Crippen LogP contribution is 2.33. The molecule has 0 N–H and O–H groups in total. The lowest BCUT2D eigenvalue weighted by molar-refractivity contribution is 0.623. The van der Waals surface area contributed by atoms with Gasteiger partial charge in [0.1, 0.15) is 0 Å². The molecule has 0 spiro atoms. The molecular formula is C50H49N3. The highest BCUT2D eigenvalue weighted by Gasteiger charge is 2.22. The second-order valence-electron chi connectivity index (χ2n) is 14.0. The zero-order chi connectivity index (χ0) is 37.0. The van der Waals surface area contributed by atoms with Crippen LogP contribution in [-0.4, -0.2) is 24.9 Å². The van der Waals surface area contributed by atoms with Crippen molar-refractivity contribution in [3.05, 3.63) is 198 Å². The van der Waals surface area contributed by atoms with Crippen molar-refractivity contribution in [3.63, 3.8) is 0 Å². The summed E-state index contributed by atoms with van der Waals surface area (Å²) in [6.45, 7) is 15.2. The Morgan fingerprint density at radius 2 is 1.25 bits per heavy atom. The molecule has 0 aliphatic heterocycles. The number of amidine groups is 2. The van der Waals surface area contributed by atoms with Gasteiger partial charge in [-0.15, -0.1) is 0 Å². The van der Waals surface area contributed by atoms with E-state index in [-0.39, 0.29) is 5.41 Å². The third-order valence-electron chi connectivity index (χ3n) is 10.2. The second kappa shape index (κ2) is 17.5. The van der Waals surface area contributed by atoms with Gasteiger partial charge in [0.2, 0.25) is 0 Å². The summed E-state index contributed by atoms with van der Waals surface area (Å²) in [6.07, 6.45) is 23.7. The standard InChI is InChI=1S/C50H49N3/c1-6-38(23-22-37(2)50(3,4)47-34-32-44(33-35-47)43-26-24-41(25-27-43)39-16-10-7-11-17-39)36-52-49(45-20-14-9-15-21-45)53-48(51-5)46-30-28-42(29-31-46)40-18-12-8-13-19-40/h6,8,10,12-14,16-35H,1,5,7,9,11,15,36H2,2-4H3/b37-22+,38-23+,52-49?,53-48?. The number of allylic oxidation sites excluding steroid dienone is 9. The summed E-state index contributed by atoms with van der Waals surface area (Å²) in [7, 11) is 0. The molecule has 264 valence electrons. The topological polar surface area (TPSA) is 37.1 Å². The zero-order valence-corrected chi connectivity index (χ0v) is 31.3. The largest absolute Gasteiger partial charge is 0.261 e. The molecule has 3 heteroatoms. The zero-order valence-electron chi connectivity index (χ0n) is 31.3. The van der Waals surface area contributed by atoms with Crippen molar-refractivity contribution in [1.29, 1.82) is 0 Å². The molecule has 0 heterocycles. The lowest BCUT2D eigenvalue weighted by Crippen LogP contribution is -2.18. The van der Waals surface area contributed by atoms with Crippen molar-refractivity contribution >= 4 is 24.0 Å². The predicted octanol–water partition coefficient (Wildman–Crippen LogP) is 12.9. The second-order valence-corrected chi connectivity index (χ2v) is 14.0. The summed E-state index contributed by atoms with van der Waals surface area (Å²) in [4.78, 5) is 14.3. The molecule has 53 heavy (non-hydrogen) atoms. The monoisotopic (exact) mass is 691 g/mol. The average Bonchev–Trinajstić information content (AvgIpc) is 3.23. The van der Waals surface area contributed by atoms with Crippen LogP contribution in [0.15, 0.2) is 196 Å². The van der Waals surface area contributed by atoms with Gasteiger partial charge in [0.15, 0.2) is 11.7 Å². The van der Waals surface area contributed by atoms with Gasteiger partial charge in [-0.3, -0.25) is 4.99 Å². The Balaban J connectivity index is 1.18. The van der Waals surface area contributed by atoms with E-state index in [0.29, 0.717) is 18.2 Å². The van der Waals surface area contributed by atoms with Crippen LogP contribution in [0.3, 0.4) is 0 Å².